The minimum atomic E-state index is -2.93. The summed E-state index contributed by atoms with van der Waals surface area (Å²) in [6, 6.07) is 7.49. The second kappa shape index (κ2) is 5.46. The molecular weight excluding hydrogens is 285 g/mol. The van der Waals surface area contributed by atoms with E-state index in [4.69, 9.17) is 23.2 Å². The van der Waals surface area contributed by atoms with Crippen molar-refractivity contribution in [1.29, 1.82) is 0 Å². The Balaban J connectivity index is 2.49. The molecule has 2 aromatic rings. The van der Waals surface area contributed by atoms with Gasteiger partial charge in [-0.3, -0.25) is 0 Å². The van der Waals surface area contributed by atoms with Crippen molar-refractivity contribution in [3.8, 4) is 17.1 Å². The van der Waals surface area contributed by atoms with Crippen LogP contribution in [0.3, 0.4) is 0 Å². The van der Waals surface area contributed by atoms with E-state index in [-0.39, 0.29) is 21.9 Å². The van der Waals surface area contributed by atoms with Crippen LogP contribution in [0.1, 0.15) is 0 Å². The molecule has 1 aromatic carbocycles. The largest absolute Gasteiger partial charge is 0.434 e. The molecule has 0 saturated carbocycles. The van der Waals surface area contributed by atoms with Crippen LogP contribution in [-0.2, 0) is 0 Å². The number of ether oxygens (including phenoxy) is 1. The predicted molar refractivity (Wildman–Crippen MR) is 64.1 cm³/mol. The summed E-state index contributed by atoms with van der Waals surface area (Å²) in [4.78, 5) is 7.83. The summed E-state index contributed by atoms with van der Waals surface area (Å²) >= 11 is 11.5. The van der Waals surface area contributed by atoms with Crippen LogP contribution in [0.2, 0.25) is 10.3 Å². The number of halogens is 4. The standard InChI is InChI=1S/C11H6Cl2F2N2O/c12-8-5-9(13)17-10(16-8)6-3-1-2-4-7(6)18-11(14)15/h1-5,11H. The lowest BCUT2D eigenvalue weighted by Crippen LogP contribution is -2.04. The van der Waals surface area contributed by atoms with Crippen LogP contribution < -0.4 is 4.74 Å². The summed E-state index contributed by atoms with van der Waals surface area (Å²) in [6.45, 7) is -2.93. The lowest BCUT2D eigenvalue weighted by atomic mass is 10.2. The Labute approximate surface area is 111 Å². The minimum absolute atomic E-state index is 0.0363. The van der Waals surface area contributed by atoms with Crippen molar-refractivity contribution in [3.63, 3.8) is 0 Å². The topological polar surface area (TPSA) is 35.0 Å². The summed E-state index contributed by atoms with van der Waals surface area (Å²) in [6.07, 6.45) is 0. The molecule has 7 heteroatoms. The Morgan fingerprint density at radius 1 is 1.06 bits per heavy atom. The highest BCUT2D eigenvalue weighted by Gasteiger charge is 2.13. The second-order valence-corrected chi connectivity index (χ2v) is 3.99. The SMILES string of the molecule is FC(F)Oc1ccccc1-c1nc(Cl)cc(Cl)n1. The Hall–Kier alpha value is -1.46. The van der Waals surface area contributed by atoms with Gasteiger partial charge in [-0.05, 0) is 12.1 Å². The zero-order valence-electron chi connectivity index (χ0n) is 8.78. The molecule has 18 heavy (non-hydrogen) atoms. The molecule has 2 rings (SSSR count). The Morgan fingerprint density at radius 3 is 2.28 bits per heavy atom. The number of hydrogen-bond donors (Lipinski definition) is 0. The molecule has 0 radical (unpaired) electrons. The van der Waals surface area contributed by atoms with Crippen molar-refractivity contribution >= 4 is 23.2 Å². The van der Waals surface area contributed by atoms with Gasteiger partial charge >= 0.3 is 6.61 Å². The van der Waals surface area contributed by atoms with E-state index in [9.17, 15) is 8.78 Å². The molecule has 0 bridgehead atoms. The molecule has 0 N–H and O–H groups in total. The van der Waals surface area contributed by atoms with Crippen molar-refractivity contribution < 1.29 is 13.5 Å². The molecule has 3 nitrogen and oxygen atoms in total. The highest BCUT2D eigenvalue weighted by atomic mass is 35.5. The van der Waals surface area contributed by atoms with E-state index in [1.54, 1.807) is 18.2 Å². The maximum Gasteiger partial charge on any atom is 0.387 e. The molecule has 0 atom stereocenters. The predicted octanol–water partition coefficient (Wildman–Crippen LogP) is 4.05. The molecule has 0 saturated heterocycles. The Bertz CT molecular complexity index is 546. The van der Waals surface area contributed by atoms with Gasteiger partial charge in [-0.15, -0.1) is 0 Å². The molecule has 0 unspecified atom stereocenters. The van der Waals surface area contributed by atoms with Crippen LogP contribution in [0.25, 0.3) is 11.4 Å². The minimum Gasteiger partial charge on any atom is -0.434 e. The number of alkyl halides is 2. The number of aromatic nitrogens is 2. The molecule has 0 fully saturated rings. The number of hydrogen-bond acceptors (Lipinski definition) is 3. The highest BCUT2D eigenvalue weighted by molar-refractivity contribution is 6.33. The summed E-state index contributed by atoms with van der Waals surface area (Å²) in [7, 11) is 0. The van der Waals surface area contributed by atoms with Crippen molar-refractivity contribution in [3.05, 3.63) is 40.6 Å². The van der Waals surface area contributed by atoms with E-state index < -0.39 is 6.61 Å². The third kappa shape index (κ3) is 3.05. The van der Waals surface area contributed by atoms with E-state index in [0.717, 1.165) is 0 Å². The van der Waals surface area contributed by atoms with Gasteiger partial charge in [0.05, 0.1) is 5.56 Å². The molecule has 0 spiro atoms. The lowest BCUT2D eigenvalue weighted by molar-refractivity contribution is -0.0494. The van der Waals surface area contributed by atoms with Gasteiger partial charge in [-0.25, -0.2) is 9.97 Å². The first-order valence-electron chi connectivity index (χ1n) is 4.80. The summed E-state index contributed by atoms with van der Waals surface area (Å²) in [5, 5.41) is 0.244. The molecule has 0 aliphatic rings. The Kier molecular flexibility index (Phi) is 3.93. The number of para-hydroxylation sites is 1. The van der Waals surface area contributed by atoms with Crippen LogP contribution in [0.4, 0.5) is 8.78 Å². The third-order valence-corrected chi connectivity index (χ3v) is 2.39. The number of benzene rings is 1. The summed E-state index contributed by atoms with van der Waals surface area (Å²) in [5.74, 6) is 0.0922. The van der Waals surface area contributed by atoms with Crippen molar-refractivity contribution in [1.82, 2.24) is 9.97 Å². The fourth-order valence-corrected chi connectivity index (χ4v) is 1.78. The fourth-order valence-electron chi connectivity index (χ4n) is 1.36. The quantitative estimate of drug-likeness (QED) is 0.800. The summed E-state index contributed by atoms with van der Waals surface area (Å²) in [5.41, 5.74) is 0.294. The average Bonchev–Trinajstić information content (AvgIpc) is 2.27. The van der Waals surface area contributed by atoms with Crippen LogP contribution >= 0.6 is 23.2 Å². The van der Waals surface area contributed by atoms with E-state index in [1.807, 2.05) is 0 Å². The molecule has 1 heterocycles. The van der Waals surface area contributed by atoms with Gasteiger partial charge < -0.3 is 4.74 Å². The van der Waals surface area contributed by atoms with Crippen molar-refractivity contribution in [2.75, 3.05) is 0 Å². The lowest BCUT2D eigenvalue weighted by Gasteiger charge is -2.09. The van der Waals surface area contributed by atoms with Crippen LogP contribution in [0.5, 0.6) is 5.75 Å². The van der Waals surface area contributed by atoms with E-state index >= 15 is 0 Å². The van der Waals surface area contributed by atoms with Gasteiger partial charge in [0.2, 0.25) is 0 Å². The van der Waals surface area contributed by atoms with Gasteiger partial charge in [0, 0.05) is 6.07 Å². The first kappa shape index (κ1) is 13.0. The third-order valence-electron chi connectivity index (χ3n) is 2.01. The second-order valence-electron chi connectivity index (χ2n) is 3.21. The van der Waals surface area contributed by atoms with E-state index in [1.165, 1.54) is 12.1 Å². The Morgan fingerprint density at radius 2 is 1.67 bits per heavy atom. The van der Waals surface area contributed by atoms with Crippen molar-refractivity contribution in [2.24, 2.45) is 0 Å². The van der Waals surface area contributed by atoms with Crippen LogP contribution in [0.15, 0.2) is 30.3 Å². The molecule has 94 valence electrons. The van der Waals surface area contributed by atoms with Gasteiger partial charge in [0.15, 0.2) is 5.82 Å². The maximum atomic E-state index is 12.3. The zero-order chi connectivity index (χ0) is 13.1. The van der Waals surface area contributed by atoms with Crippen LogP contribution in [0, 0.1) is 0 Å². The molecular formula is C11H6Cl2F2N2O. The average molecular weight is 291 g/mol. The van der Waals surface area contributed by atoms with Crippen LogP contribution in [-0.4, -0.2) is 16.6 Å². The number of nitrogens with zero attached hydrogens (tertiary/aromatic N) is 2. The van der Waals surface area contributed by atoms with Gasteiger partial charge in [0.25, 0.3) is 0 Å². The van der Waals surface area contributed by atoms with E-state index in [0.29, 0.717) is 5.56 Å². The first-order valence-corrected chi connectivity index (χ1v) is 5.56. The fraction of sp³-hybridized carbons (Fsp3) is 0.0909. The zero-order valence-corrected chi connectivity index (χ0v) is 10.3. The normalized spacial score (nSPS) is 10.7. The van der Waals surface area contributed by atoms with Gasteiger partial charge in [0.1, 0.15) is 16.1 Å². The maximum absolute atomic E-state index is 12.3. The van der Waals surface area contributed by atoms with E-state index in [2.05, 4.69) is 14.7 Å². The molecule has 0 aliphatic heterocycles. The first-order chi connectivity index (χ1) is 8.56. The summed E-state index contributed by atoms with van der Waals surface area (Å²) < 4.78 is 28.9. The monoisotopic (exact) mass is 290 g/mol. The van der Waals surface area contributed by atoms with Gasteiger partial charge in [-0.2, -0.15) is 8.78 Å². The highest BCUT2D eigenvalue weighted by Crippen LogP contribution is 2.30. The van der Waals surface area contributed by atoms with Gasteiger partial charge in [-0.1, -0.05) is 35.3 Å². The smallest absolute Gasteiger partial charge is 0.387 e. The molecule has 0 amide bonds. The molecule has 0 aliphatic carbocycles. The number of rotatable bonds is 3. The van der Waals surface area contributed by atoms with Crippen molar-refractivity contribution in [2.45, 2.75) is 6.61 Å². The molecule has 1 aromatic heterocycles.